The highest BCUT2D eigenvalue weighted by atomic mass is 19.4. The molecule has 0 aliphatic carbocycles. The van der Waals surface area contributed by atoms with Crippen LogP contribution in [0.2, 0.25) is 0 Å². The van der Waals surface area contributed by atoms with Crippen LogP contribution >= 0.6 is 0 Å². The summed E-state index contributed by atoms with van der Waals surface area (Å²) < 4.78 is 62.0. The van der Waals surface area contributed by atoms with Crippen molar-refractivity contribution in [3.05, 3.63) is 35.5 Å². The van der Waals surface area contributed by atoms with Crippen molar-refractivity contribution in [2.75, 3.05) is 50.8 Å². The second-order valence-corrected chi connectivity index (χ2v) is 6.20. The highest BCUT2D eigenvalue weighted by molar-refractivity contribution is 5.95. The van der Waals surface area contributed by atoms with Gasteiger partial charge in [0.1, 0.15) is 17.1 Å². The summed E-state index contributed by atoms with van der Waals surface area (Å²) in [6.07, 6.45) is -3.99. The molecule has 2 aromatic rings. The Hall–Kier alpha value is -3.15. The van der Waals surface area contributed by atoms with Gasteiger partial charge in [-0.2, -0.15) is 18.2 Å². The van der Waals surface area contributed by atoms with Gasteiger partial charge >= 0.3 is 6.18 Å². The Balaban J connectivity index is 1.86. The van der Waals surface area contributed by atoms with Crippen LogP contribution in [0.4, 0.5) is 35.0 Å². The lowest BCUT2D eigenvalue weighted by atomic mass is 10.1. The summed E-state index contributed by atoms with van der Waals surface area (Å²) in [6.45, 7) is 0.560. The van der Waals surface area contributed by atoms with Gasteiger partial charge in [0.05, 0.1) is 18.9 Å². The lowest BCUT2D eigenvalue weighted by molar-refractivity contribution is -0.137. The Labute approximate surface area is 169 Å². The molecule has 0 bridgehead atoms. The Bertz CT molecular complexity index is 904. The van der Waals surface area contributed by atoms with Crippen LogP contribution in [0.1, 0.15) is 15.9 Å². The molecule has 0 saturated carbocycles. The van der Waals surface area contributed by atoms with Crippen molar-refractivity contribution in [3.8, 4) is 5.75 Å². The van der Waals surface area contributed by atoms with Crippen molar-refractivity contribution < 1.29 is 31.8 Å². The largest absolute Gasteiger partial charge is 0.461 e. The fraction of sp³-hybridized carbons (Fsp3) is 0.389. The molecule has 1 aromatic carbocycles. The van der Waals surface area contributed by atoms with Gasteiger partial charge < -0.3 is 25.0 Å². The van der Waals surface area contributed by atoms with Crippen LogP contribution in [0.5, 0.6) is 5.75 Å². The van der Waals surface area contributed by atoms with Crippen molar-refractivity contribution >= 4 is 23.4 Å². The summed E-state index contributed by atoms with van der Waals surface area (Å²) in [5.41, 5.74) is -0.564. The first-order valence-electron chi connectivity index (χ1n) is 8.92. The molecular formula is C18H19F4N5O3. The van der Waals surface area contributed by atoms with Crippen molar-refractivity contribution in [1.29, 1.82) is 0 Å². The number of nitrogens with zero attached hydrogens (tertiary/aromatic N) is 3. The number of ether oxygens (including phenoxy) is 2. The number of amides is 1. The maximum absolute atomic E-state index is 13.0. The minimum atomic E-state index is -4.62. The van der Waals surface area contributed by atoms with Crippen molar-refractivity contribution in [1.82, 2.24) is 14.9 Å². The molecule has 0 spiro atoms. The maximum Gasteiger partial charge on any atom is 0.421 e. The normalized spacial score (nSPS) is 14.4. The van der Waals surface area contributed by atoms with Gasteiger partial charge in [-0.05, 0) is 18.2 Å². The van der Waals surface area contributed by atoms with E-state index in [1.807, 2.05) is 0 Å². The van der Waals surface area contributed by atoms with Gasteiger partial charge in [0.2, 0.25) is 12.8 Å². The second kappa shape index (κ2) is 9.11. The van der Waals surface area contributed by atoms with E-state index >= 15 is 0 Å². The van der Waals surface area contributed by atoms with Crippen LogP contribution in [0.3, 0.4) is 0 Å². The predicted octanol–water partition coefficient (Wildman–Crippen LogP) is 3.06. The zero-order chi connectivity index (χ0) is 21.7. The first-order chi connectivity index (χ1) is 14.3. The monoisotopic (exact) mass is 428 g/mol. The third kappa shape index (κ3) is 4.87. The van der Waals surface area contributed by atoms with E-state index in [2.05, 4.69) is 20.6 Å². The van der Waals surface area contributed by atoms with E-state index in [1.54, 1.807) is 4.90 Å². The molecule has 1 saturated heterocycles. The first kappa shape index (κ1) is 21.6. The number of halogens is 4. The van der Waals surface area contributed by atoms with Gasteiger partial charge in [-0.15, -0.1) is 0 Å². The van der Waals surface area contributed by atoms with Crippen LogP contribution < -0.4 is 15.4 Å². The molecule has 1 aromatic heterocycles. The van der Waals surface area contributed by atoms with Gasteiger partial charge in [-0.25, -0.2) is 9.37 Å². The van der Waals surface area contributed by atoms with Gasteiger partial charge in [-0.1, -0.05) is 0 Å². The van der Waals surface area contributed by atoms with Gasteiger partial charge in [-0.3, -0.25) is 4.79 Å². The number of carbonyl (C=O) groups excluding carboxylic acids is 1. The molecule has 1 aliphatic rings. The number of hydrogen-bond donors (Lipinski definition) is 2. The van der Waals surface area contributed by atoms with Crippen LogP contribution in [-0.2, 0) is 10.9 Å². The average Bonchev–Trinajstić information content (AvgIpc) is 2.74. The Morgan fingerprint density at radius 2 is 2.03 bits per heavy atom. The van der Waals surface area contributed by atoms with E-state index in [0.29, 0.717) is 32.5 Å². The molecule has 1 fully saturated rings. The molecule has 162 valence electrons. The number of hydrogen-bond acceptors (Lipinski definition) is 7. The number of nitrogens with one attached hydrogen (secondary N) is 2. The number of morpholine rings is 1. The fourth-order valence-corrected chi connectivity index (χ4v) is 2.85. The molecular weight excluding hydrogens is 409 g/mol. The smallest absolute Gasteiger partial charge is 0.421 e. The Morgan fingerprint density at radius 3 is 2.67 bits per heavy atom. The molecule has 2 N–H and O–H groups in total. The summed E-state index contributed by atoms with van der Waals surface area (Å²) in [5, 5.41) is 5.06. The van der Waals surface area contributed by atoms with Crippen molar-refractivity contribution in [2.45, 2.75) is 6.18 Å². The molecule has 1 aliphatic heterocycles. The van der Waals surface area contributed by atoms with Crippen LogP contribution in [0, 0.1) is 0 Å². The topological polar surface area (TPSA) is 88.6 Å². The molecule has 1 amide bonds. The van der Waals surface area contributed by atoms with E-state index in [4.69, 9.17) is 9.47 Å². The molecule has 2 heterocycles. The minimum Gasteiger partial charge on any atom is -0.461 e. The molecule has 0 radical (unpaired) electrons. The average molecular weight is 428 g/mol. The Kier molecular flexibility index (Phi) is 6.55. The van der Waals surface area contributed by atoms with E-state index in [9.17, 15) is 22.4 Å². The van der Waals surface area contributed by atoms with Gasteiger partial charge in [0, 0.05) is 31.9 Å². The van der Waals surface area contributed by atoms with E-state index in [-0.39, 0.29) is 28.9 Å². The third-order valence-electron chi connectivity index (χ3n) is 4.31. The highest BCUT2D eigenvalue weighted by Gasteiger charge is 2.35. The molecule has 3 rings (SSSR count). The minimum absolute atomic E-state index is 0.00823. The maximum atomic E-state index is 13.0. The first-order valence-corrected chi connectivity index (χ1v) is 8.92. The quantitative estimate of drug-likeness (QED) is 0.684. The molecule has 30 heavy (non-hydrogen) atoms. The molecule has 0 atom stereocenters. The summed E-state index contributed by atoms with van der Waals surface area (Å²) in [7, 11) is 1.30. The van der Waals surface area contributed by atoms with Crippen LogP contribution in [0.25, 0.3) is 0 Å². The summed E-state index contributed by atoms with van der Waals surface area (Å²) in [4.78, 5) is 21.7. The van der Waals surface area contributed by atoms with Crippen molar-refractivity contribution in [2.24, 2.45) is 0 Å². The third-order valence-corrected chi connectivity index (χ3v) is 4.31. The molecule has 0 unspecified atom stereocenters. The van der Waals surface area contributed by atoms with Crippen LogP contribution in [0.15, 0.2) is 24.4 Å². The second-order valence-electron chi connectivity index (χ2n) is 6.20. The zero-order valence-corrected chi connectivity index (χ0v) is 15.9. The number of aromatic nitrogens is 2. The standard InChI is InChI=1S/C18H19F4N5O3/c1-23-15-12(18(20,21)22)9-24-17(26-15)25-13-3-2-11(8-14(13)30-10-19)16(28)27-4-6-29-7-5-27/h2-3,8-9H,4-7,10H2,1H3,(H2,23,24,25,26)/i19-1. The predicted molar refractivity (Wildman–Crippen MR) is 99.6 cm³/mol. The SMILES string of the molecule is CNc1nc(Nc2ccc(C(=O)N3CCOCC3)cc2OC[18F])ncc1C(F)(F)F. The molecule has 12 heteroatoms. The summed E-state index contributed by atoms with van der Waals surface area (Å²) in [5.74, 6) is -0.863. The van der Waals surface area contributed by atoms with E-state index in [0.717, 1.165) is 0 Å². The van der Waals surface area contributed by atoms with Crippen molar-refractivity contribution in [3.63, 3.8) is 0 Å². The number of alkyl halides is 4. The lowest BCUT2D eigenvalue weighted by Gasteiger charge is -2.27. The fourth-order valence-electron chi connectivity index (χ4n) is 2.85. The summed E-state index contributed by atoms with van der Waals surface area (Å²) >= 11 is 0. The number of benzene rings is 1. The van der Waals surface area contributed by atoms with E-state index in [1.165, 1.54) is 25.2 Å². The number of carbonyl (C=O) groups is 1. The molecule has 8 nitrogen and oxygen atoms in total. The zero-order valence-electron chi connectivity index (χ0n) is 15.9. The number of rotatable bonds is 6. The summed E-state index contributed by atoms with van der Waals surface area (Å²) in [6, 6.07) is 4.29. The highest BCUT2D eigenvalue weighted by Crippen LogP contribution is 2.34. The van der Waals surface area contributed by atoms with E-state index < -0.39 is 24.4 Å². The van der Waals surface area contributed by atoms with Gasteiger partial charge in [0.25, 0.3) is 5.91 Å². The van der Waals surface area contributed by atoms with Gasteiger partial charge in [0.15, 0.2) is 0 Å². The Morgan fingerprint density at radius 1 is 1.30 bits per heavy atom. The lowest BCUT2D eigenvalue weighted by Crippen LogP contribution is -2.40. The number of anilines is 3. The van der Waals surface area contributed by atoms with Crippen LogP contribution in [-0.4, -0.2) is 61.0 Å².